The molecule has 0 fully saturated rings. The van der Waals surface area contributed by atoms with Crippen molar-refractivity contribution in [2.45, 2.75) is 142 Å². The smallest absolute Gasteiger partial charge is 0.364 e. The van der Waals surface area contributed by atoms with Gasteiger partial charge in [0.2, 0.25) is 0 Å². The minimum atomic E-state index is -0.717. The maximum atomic E-state index is 14.7. The summed E-state index contributed by atoms with van der Waals surface area (Å²) in [4.78, 5) is 21.3. The largest absolute Gasteiger partial charge is 0.419 e. The third kappa shape index (κ3) is 13.7. The van der Waals surface area contributed by atoms with Gasteiger partial charge in [0.25, 0.3) is 0 Å². The highest BCUT2D eigenvalue weighted by atomic mass is 19.1. The predicted octanol–water partition coefficient (Wildman–Crippen LogP) is 11.6. The number of rotatable bonds is 23. The summed E-state index contributed by atoms with van der Waals surface area (Å²) in [6.45, 7) is 4.50. The van der Waals surface area contributed by atoms with Crippen LogP contribution in [0.15, 0.2) is 54.9 Å². The second-order valence-corrected chi connectivity index (χ2v) is 12.3. The van der Waals surface area contributed by atoms with Gasteiger partial charge in [-0.05, 0) is 48.9 Å². The van der Waals surface area contributed by atoms with Crippen LogP contribution in [0.2, 0.25) is 0 Å². The topological polar surface area (TPSA) is 52.1 Å². The van der Waals surface area contributed by atoms with E-state index in [4.69, 9.17) is 4.74 Å². The summed E-state index contributed by atoms with van der Waals surface area (Å²) in [5, 5.41) is 0. The van der Waals surface area contributed by atoms with Crippen LogP contribution in [-0.2, 0) is 12.8 Å². The van der Waals surface area contributed by atoms with Crippen LogP contribution >= 0.6 is 0 Å². The lowest BCUT2D eigenvalue weighted by atomic mass is 10.0. The number of halogens is 1. The number of unbranched alkanes of at least 4 members (excludes halogenated alkanes) is 16. The number of aryl methyl sites for hydroxylation is 2. The van der Waals surface area contributed by atoms with E-state index < -0.39 is 11.8 Å². The third-order valence-electron chi connectivity index (χ3n) is 8.45. The number of carbonyl (C=O) groups is 1. The molecule has 0 amide bonds. The Bertz CT molecular complexity index is 1190. The molecule has 0 aliphatic rings. The van der Waals surface area contributed by atoms with Crippen molar-refractivity contribution in [3.63, 3.8) is 0 Å². The second kappa shape index (κ2) is 21.6. The molecule has 3 rings (SSSR count). The SMILES string of the molecule is CCCCCCCCCCCCc1ccc(-c2cnc(C(=O)Oc3ccc(CCCCCCCCCC)cc3F)cn2)cc1. The lowest BCUT2D eigenvalue weighted by Crippen LogP contribution is -2.12. The van der Waals surface area contributed by atoms with Crippen molar-refractivity contribution in [1.29, 1.82) is 0 Å². The molecule has 1 heterocycles. The quantitative estimate of drug-likeness (QED) is 0.0615. The first kappa shape index (κ1) is 35.4. The Labute approximate surface area is 266 Å². The van der Waals surface area contributed by atoms with E-state index in [1.165, 1.54) is 127 Å². The number of hydrogen-bond acceptors (Lipinski definition) is 4. The summed E-state index contributed by atoms with van der Waals surface area (Å²) in [7, 11) is 0. The Balaban J connectivity index is 1.36. The molecule has 0 aliphatic carbocycles. The molecule has 0 saturated heterocycles. The van der Waals surface area contributed by atoms with Gasteiger partial charge >= 0.3 is 5.97 Å². The molecule has 0 atom stereocenters. The van der Waals surface area contributed by atoms with Gasteiger partial charge in [0.1, 0.15) is 0 Å². The normalized spacial score (nSPS) is 11.2. The molecule has 0 bridgehead atoms. The Morgan fingerprint density at radius 3 is 1.61 bits per heavy atom. The van der Waals surface area contributed by atoms with Gasteiger partial charge in [-0.3, -0.25) is 4.98 Å². The number of carbonyl (C=O) groups excluding carboxylic acids is 1. The van der Waals surface area contributed by atoms with Crippen LogP contribution in [-0.4, -0.2) is 15.9 Å². The summed E-state index contributed by atoms with van der Waals surface area (Å²) in [6, 6.07) is 13.2. The minimum absolute atomic E-state index is 0.0498. The van der Waals surface area contributed by atoms with E-state index >= 15 is 0 Å². The summed E-state index contributed by atoms with van der Waals surface area (Å²) in [5.41, 5.74) is 3.93. The van der Waals surface area contributed by atoms with Crippen molar-refractivity contribution in [3.05, 3.63) is 77.5 Å². The molecular weight excluding hydrogens is 547 g/mol. The molecular formula is C39H55FN2O2. The van der Waals surface area contributed by atoms with E-state index in [-0.39, 0.29) is 11.4 Å². The van der Waals surface area contributed by atoms with Gasteiger partial charge in [-0.1, -0.05) is 147 Å². The summed E-state index contributed by atoms with van der Waals surface area (Å²) in [5.74, 6) is -1.33. The first-order valence-corrected chi connectivity index (χ1v) is 17.5. The molecule has 1 aromatic heterocycles. The zero-order valence-corrected chi connectivity index (χ0v) is 27.4. The highest BCUT2D eigenvalue weighted by Gasteiger charge is 2.15. The van der Waals surface area contributed by atoms with Crippen molar-refractivity contribution in [1.82, 2.24) is 9.97 Å². The molecule has 0 N–H and O–H groups in total. The van der Waals surface area contributed by atoms with Crippen LogP contribution in [0.5, 0.6) is 5.75 Å². The van der Waals surface area contributed by atoms with Crippen LogP contribution < -0.4 is 4.74 Å². The first-order chi connectivity index (χ1) is 21.6. The molecule has 0 radical (unpaired) electrons. The van der Waals surface area contributed by atoms with Crippen LogP contribution in [0.4, 0.5) is 4.39 Å². The molecule has 4 nitrogen and oxygen atoms in total. The van der Waals surface area contributed by atoms with Gasteiger partial charge in [-0.15, -0.1) is 0 Å². The van der Waals surface area contributed by atoms with E-state index in [0.717, 1.165) is 36.8 Å². The van der Waals surface area contributed by atoms with Crippen molar-refractivity contribution in [3.8, 4) is 17.0 Å². The molecule has 5 heteroatoms. The predicted molar refractivity (Wildman–Crippen MR) is 181 cm³/mol. The second-order valence-electron chi connectivity index (χ2n) is 12.3. The lowest BCUT2D eigenvalue weighted by molar-refractivity contribution is 0.0721. The van der Waals surface area contributed by atoms with E-state index in [2.05, 4.69) is 48.1 Å². The number of ether oxygens (including phenoxy) is 1. The van der Waals surface area contributed by atoms with Crippen molar-refractivity contribution >= 4 is 5.97 Å². The highest BCUT2D eigenvalue weighted by Crippen LogP contribution is 2.22. The third-order valence-corrected chi connectivity index (χ3v) is 8.45. The van der Waals surface area contributed by atoms with Crippen LogP contribution in [0, 0.1) is 5.82 Å². The lowest BCUT2D eigenvalue weighted by Gasteiger charge is -2.08. The number of hydrogen-bond donors (Lipinski definition) is 0. The van der Waals surface area contributed by atoms with Crippen molar-refractivity contribution in [2.75, 3.05) is 0 Å². The minimum Gasteiger partial charge on any atom is -0.419 e. The Morgan fingerprint density at radius 1 is 0.614 bits per heavy atom. The van der Waals surface area contributed by atoms with Crippen LogP contribution in [0.25, 0.3) is 11.3 Å². The Hall–Kier alpha value is -3.08. The molecule has 240 valence electrons. The fourth-order valence-corrected chi connectivity index (χ4v) is 5.64. The average molecular weight is 603 g/mol. The van der Waals surface area contributed by atoms with E-state index in [1.807, 2.05) is 6.07 Å². The fraction of sp³-hybridized carbons (Fsp3) is 0.564. The molecule has 2 aromatic carbocycles. The monoisotopic (exact) mass is 602 g/mol. The van der Waals surface area contributed by atoms with Crippen molar-refractivity contribution in [2.24, 2.45) is 0 Å². The molecule has 0 aliphatic heterocycles. The van der Waals surface area contributed by atoms with Crippen LogP contribution in [0.3, 0.4) is 0 Å². The van der Waals surface area contributed by atoms with Gasteiger partial charge in [0, 0.05) is 5.56 Å². The first-order valence-electron chi connectivity index (χ1n) is 17.5. The average Bonchev–Trinajstić information content (AvgIpc) is 3.05. The Kier molecular flexibility index (Phi) is 17.4. The zero-order valence-electron chi connectivity index (χ0n) is 27.4. The van der Waals surface area contributed by atoms with Crippen molar-refractivity contribution < 1.29 is 13.9 Å². The van der Waals surface area contributed by atoms with Gasteiger partial charge in [0.05, 0.1) is 18.1 Å². The van der Waals surface area contributed by atoms with Crippen LogP contribution in [0.1, 0.15) is 151 Å². The molecule has 0 spiro atoms. The highest BCUT2D eigenvalue weighted by molar-refractivity contribution is 5.88. The number of nitrogens with zero attached hydrogens (tertiary/aromatic N) is 2. The van der Waals surface area contributed by atoms with E-state index in [1.54, 1.807) is 6.20 Å². The van der Waals surface area contributed by atoms with E-state index in [9.17, 15) is 9.18 Å². The summed E-state index contributed by atoms with van der Waals surface area (Å²) in [6.07, 6.45) is 28.2. The van der Waals surface area contributed by atoms with Gasteiger partial charge in [0.15, 0.2) is 17.3 Å². The Morgan fingerprint density at radius 2 is 1.11 bits per heavy atom. The standard InChI is InChI=1S/C39H55FN2O2/c1-3-5-7-9-11-13-14-16-17-19-21-32-23-26-34(27-24-32)36-30-42-37(31-41-36)39(43)44-38-28-25-33(29-35(38)40)22-20-18-15-12-10-8-6-4-2/h23-31H,3-22H2,1-2H3. The molecule has 3 aromatic rings. The molecule has 0 saturated carbocycles. The van der Waals surface area contributed by atoms with E-state index in [0.29, 0.717) is 5.69 Å². The molecule has 44 heavy (non-hydrogen) atoms. The number of aromatic nitrogens is 2. The fourth-order valence-electron chi connectivity index (χ4n) is 5.64. The van der Waals surface area contributed by atoms with Gasteiger partial charge < -0.3 is 4.74 Å². The maximum Gasteiger partial charge on any atom is 0.364 e. The van der Waals surface area contributed by atoms with Gasteiger partial charge in [-0.2, -0.15) is 0 Å². The number of benzene rings is 2. The molecule has 0 unspecified atom stereocenters. The number of esters is 1. The van der Waals surface area contributed by atoms with Gasteiger partial charge in [-0.25, -0.2) is 14.2 Å². The summed E-state index contributed by atoms with van der Waals surface area (Å²) < 4.78 is 20.0. The zero-order chi connectivity index (χ0) is 31.2. The summed E-state index contributed by atoms with van der Waals surface area (Å²) >= 11 is 0. The maximum absolute atomic E-state index is 14.7.